The molecule has 0 aromatic heterocycles. The summed E-state index contributed by atoms with van der Waals surface area (Å²) in [6.07, 6.45) is 1.09. The zero-order chi connectivity index (χ0) is 21.6. The molecule has 3 atom stereocenters. The van der Waals surface area contributed by atoms with Crippen molar-refractivity contribution in [3.8, 4) is 0 Å². The number of nitrogens with zero attached hydrogens (tertiary/aromatic N) is 1. The first kappa shape index (κ1) is 22.1. The van der Waals surface area contributed by atoms with Crippen LogP contribution in [0.3, 0.4) is 0 Å². The van der Waals surface area contributed by atoms with E-state index in [4.69, 9.17) is 11.1 Å². The lowest BCUT2D eigenvalue weighted by Crippen LogP contribution is -2.48. The number of nitrogen functional groups attached to an aromatic ring is 1. The van der Waals surface area contributed by atoms with E-state index in [1.54, 1.807) is 19.2 Å². The number of nitrogens with two attached hydrogens (primary N) is 1. The highest BCUT2D eigenvalue weighted by molar-refractivity contribution is 5.95. The van der Waals surface area contributed by atoms with E-state index in [0.717, 1.165) is 11.1 Å². The zero-order valence-corrected chi connectivity index (χ0v) is 17.1. The molecule has 4 N–H and O–H groups in total. The Balaban J connectivity index is 2.36. The number of carboxylic acid groups (broad SMARTS) is 1. The lowest BCUT2D eigenvalue weighted by molar-refractivity contribution is -0.151. The topological polar surface area (TPSA) is 107 Å². The van der Waals surface area contributed by atoms with Crippen LogP contribution < -0.4 is 5.73 Å². The second kappa shape index (κ2) is 9.87. The number of amides is 1. The molecule has 6 nitrogen and oxygen atoms in total. The monoisotopic (exact) mass is 395 g/mol. The predicted molar refractivity (Wildman–Crippen MR) is 114 cm³/mol. The second-order valence-electron chi connectivity index (χ2n) is 7.40. The Morgan fingerprint density at radius 2 is 1.69 bits per heavy atom. The molecular formula is C23H29N3O3. The number of likely N-dealkylation sites (N-methyl/N-ethyl adjacent to an activating group) is 1. The molecule has 0 unspecified atom stereocenters. The Labute approximate surface area is 171 Å². The lowest BCUT2D eigenvalue weighted by Gasteiger charge is -2.32. The molecule has 0 aliphatic carbocycles. The van der Waals surface area contributed by atoms with Crippen LogP contribution in [0.25, 0.3) is 0 Å². The summed E-state index contributed by atoms with van der Waals surface area (Å²) in [6, 6.07) is 15.7. The lowest BCUT2D eigenvalue weighted by atomic mass is 9.89. The Hall–Kier alpha value is -3.15. The van der Waals surface area contributed by atoms with Gasteiger partial charge in [-0.2, -0.15) is 0 Å². The summed E-state index contributed by atoms with van der Waals surface area (Å²) >= 11 is 0. The Morgan fingerprint density at radius 3 is 2.17 bits per heavy atom. The molecule has 6 heteroatoms. The van der Waals surface area contributed by atoms with Gasteiger partial charge in [0.25, 0.3) is 0 Å². The number of hydrogen-bond acceptors (Lipinski definition) is 3. The largest absolute Gasteiger partial charge is 0.480 e. The first-order valence-electron chi connectivity index (χ1n) is 9.74. The third-order valence-electron chi connectivity index (χ3n) is 5.41. The van der Waals surface area contributed by atoms with Crippen LogP contribution in [0, 0.1) is 11.3 Å². The molecule has 154 valence electrons. The minimum Gasteiger partial charge on any atom is -0.480 e. The number of benzene rings is 2. The van der Waals surface area contributed by atoms with E-state index in [1.165, 1.54) is 4.90 Å². The van der Waals surface area contributed by atoms with Crippen molar-refractivity contribution >= 4 is 17.7 Å². The average Bonchev–Trinajstić information content (AvgIpc) is 2.72. The number of rotatable bonds is 9. The molecule has 0 heterocycles. The van der Waals surface area contributed by atoms with E-state index in [0.29, 0.717) is 18.4 Å². The molecule has 2 rings (SSSR count). The van der Waals surface area contributed by atoms with Crippen molar-refractivity contribution in [2.24, 2.45) is 11.7 Å². The summed E-state index contributed by atoms with van der Waals surface area (Å²) in [7, 11) is 1.57. The maximum atomic E-state index is 13.4. The van der Waals surface area contributed by atoms with Gasteiger partial charge in [-0.05, 0) is 23.5 Å². The first-order chi connectivity index (χ1) is 13.8. The van der Waals surface area contributed by atoms with E-state index < -0.39 is 17.9 Å². The van der Waals surface area contributed by atoms with Crippen molar-refractivity contribution in [3.63, 3.8) is 0 Å². The van der Waals surface area contributed by atoms with Crippen molar-refractivity contribution in [2.75, 3.05) is 7.05 Å². The molecule has 2 aromatic rings. The molecule has 0 spiro atoms. The summed E-state index contributed by atoms with van der Waals surface area (Å²) in [4.78, 5) is 26.6. The minimum absolute atomic E-state index is 0.00942. The molecule has 0 saturated heterocycles. The van der Waals surface area contributed by atoms with Gasteiger partial charge in [0.15, 0.2) is 0 Å². The second-order valence-corrected chi connectivity index (χ2v) is 7.40. The summed E-state index contributed by atoms with van der Waals surface area (Å²) in [5.74, 6) is -1.89. The minimum atomic E-state index is -0.993. The number of aliphatic carboxylic acids is 1. The summed E-state index contributed by atoms with van der Waals surface area (Å²) in [6.45, 7) is 3.77. The van der Waals surface area contributed by atoms with Crippen LogP contribution in [0.2, 0.25) is 0 Å². The molecule has 2 aromatic carbocycles. The van der Waals surface area contributed by atoms with E-state index in [1.807, 2.05) is 56.3 Å². The number of nitrogens with one attached hydrogen (secondary N) is 1. The number of hydrogen-bond donors (Lipinski definition) is 3. The Bertz CT molecular complexity index is 849. The van der Waals surface area contributed by atoms with Gasteiger partial charge in [0.05, 0.1) is 5.92 Å². The van der Waals surface area contributed by atoms with Crippen molar-refractivity contribution in [1.29, 1.82) is 5.41 Å². The molecular weight excluding hydrogens is 366 g/mol. The molecule has 29 heavy (non-hydrogen) atoms. The van der Waals surface area contributed by atoms with E-state index in [9.17, 15) is 14.7 Å². The molecule has 0 bridgehead atoms. The van der Waals surface area contributed by atoms with Crippen LogP contribution >= 0.6 is 0 Å². The van der Waals surface area contributed by atoms with Crippen LogP contribution in [0.4, 0.5) is 0 Å². The van der Waals surface area contributed by atoms with Gasteiger partial charge in [0.2, 0.25) is 5.91 Å². The maximum absolute atomic E-state index is 13.4. The quantitative estimate of drug-likeness (QED) is 0.447. The average molecular weight is 396 g/mol. The Morgan fingerprint density at radius 1 is 1.10 bits per heavy atom. The van der Waals surface area contributed by atoms with Gasteiger partial charge in [-0.25, -0.2) is 4.79 Å². The number of carboxylic acids is 1. The van der Waals surface area contributed by atoms with Gasteiger partial charge in [0.1, 0.15) is 11.9 Å². The number of amidine groups is 1. The van der Waals surface area contributed by atoms with Gasteiger partial charge in [-0.1, -0.05) is 74.9 Å². The zero-order valence-electron chi connectivity index (χ0n) is 17.1. The smallest absolute Gasteiger partial charge is 0.326 e. The fraction of sp³-hybridized carbons (Fsp3) is 0.348. The van der Waals surface area contributed by atoms with Crippen LogP contribution in [0.5, 0.6) is 0 Å². The van der Waals surface area contributed by atoms with Crippen LogP contribution in [0.15, 0.2) is 54.6 Å². The van der Waals surface area contributed by atoms with Gasteiger partial charge in [-0.15, -0.1) is 0 Å². The van der Waals surface area contributed by atoms with E-state index in [2.05, 4.69) is 0 Å². The number of carbonyl (C=O) groups is 2. The van der Waals surface area contributed by atoms with Crippen LogP contribution in [-0.2, 0) is 16.0 Å². The summed E-state index contributed by atoms with van der Waals surface area (Å²) in [5.41, 5.74) is 7.89. The van der Waals surface area contributed by atoms with Crippen molar-refractivity contribution in [2.45, 2.75) is 38.6 Å². The maximum Gasteiger partial charge on any atom is 0.326 e. The number of carbonyl (C=O) groups excluding carboxylic acids is 1. The highest BCUT2D eigenvalue weighted by Crippen LogP contribution is 2.26. The third kappa shape index (κ3) is 5.44. The highest BCUT2D eigenvalue weighted by atomic mass is 16.4. The third-order valence-corrected chi connectivity index (χ3v) is 5.41. The summed E-state index contributed by atoms with van der Waals surface area (Å²) < 4.78 is 0. The summed E-state index contributed by atoms with van der Waals surface area (Å²) in [5, 5.41) is 17.2. The Kier molecular flexibility index (Phi) is 7.53. The van der Waals surface area contributed by atoms with Gasteiger partial charge < -0.3 is 15.7 Å². The van der Waals surface area contributed by atoms with Gasteiger partial charge >= 0.3 is 5.97 Å². The predicted octanol–water partition coefficient (Wildman–Crippen LogP) is 3.25. The van der Waals surface area contributed by atoms with E-state index in [-0.39, 0.29) is 17.7 Å². The highest BCUT2D eigenvalue weighted by Gasteiger charge is 2.34. The van der Waals surface area contributed by atoms with Crippen molar-refractivity contribution in [1.82, 2.24) is 4.90 Å². The molecule has 0 fully saturated rings. The molecule has 0 aliphatic heterocycles. The molecule has 0 radical (unpaired) electrons. The van der Waals surface area contributed by atoms with Crippen LogP contribution in [0.1, 0.15) is 42.9 Å². The van der Waals surface area contributed by atoms with E-state index >= 15 is 0 Å². The molecule has 0 aliphatic rings. The normalized spacial score (nSPS) is 13.9. The van der Waals surface area contributed by atoms with Crippen molar-refractivity contribution in [3.05, 3.63) is 71.3 Å². The van der Waals surface area contributed by atoms with Gasteiger partial charge in [0, 0.05) is 12.6 Å². The fourth-order valence-corrected chi connectivity index (χ4v) is 3.49. The SMILES string of the molecule is CC[C@H](C)[C@@H](C(=O)O)N(C)C(=O)[C@H](Cc1ccc(C(=N)N)cc1)c1ccccc1. The fourth-order valence-electron chi connectivity index (χ4n) is 3.49. The van der Waals surface area contributed by atoms with Gasteiger partial charge in [-0.3, -0.25) is 10.2 Å². The molecule has 0 saturated carbocycles. The molecule has 1 amide bonds. The van der Waals surface area contributed by atoms with Crippen LogP contribution in [-0.4, -0.2) is 40.8 Å². The first-order valence-corrected chi connectivity index (χ1v) is 9.74. The standard InChI is InChI=1S/C23H29N3O3/c1-4-15(2)20(23(28)29)26(3)22(27)19(17-8-6-5-7-9-17)14-16-10-12-18(13-11-16)21(24)25/h5-13,15,19-20H,4,14H2,1-3H3,(H3,24,25)(H,28,29)/t15-,19+,20-/m0/s1. The van der Waals surface area contributed by atoms with Crippen molar-refractivity contribution < 1.29 is 14.7 Å².